The third-order valence-electron chi connectivity index (χ3n) is 2.01. The van der Waals surface area contributed by atoms with Gasteiger partial charge in [0.25, 0.3) is 0 Å². The third kappa shape index (κ3) is 4.43. The van der Waals surface area contributed by atoms with Gasteiger partial charge < -0.3 is 0 Å². The lowest BCUT2D eigenvalue weighted by Crippen LogP contribution is -1.71. The molecule has 0 aliphatic rings. The zero-order valence-corrected chi connectivity index (χ0v) is 9.27. The van der Waals surface area contributed by atoms with Crippen molar-refractivity contribution in [2.45, 2.75) is 0 Å². The van der Waals surface area contributed by atoms with E-state index in [0.717, 1.165) is 11.1 Å². The molecule has 2 aromatic carbocycles. The Labute approximate surface area is 97.6 Å². The predicted molar refractivity (Wildman–Crippen MR) is 71.9 cm³/mol. The third-order valence-corrected chi connectivity index (χ3v) is 2.01. The molecule has 0 aliphatic carbocycles. The van der Waals surface area contributed by atoms with E-state index in [0.29, 0.717) is 0 Å². The molecule has 0 spiro atoms. The van der Waals surface area contributed by atoms with Crippen LogP contribution in [0, 0.1) is 6.07 Å². The Morgan fingerprint density at radius 2 is 1.19 bits per heavy atom. The molecule has 0 saturated carbocycles. The van der Waals surface area contributed by atoms with Crippen LogP contribution in [0.25, 0.3) is 12.2 Å². The Morgan fingerprint density at radius 1 is 0.750 bits per heavy atom. The van der Waals surface area contributed by atoms with Crippen LogP contribution in [0.5, 0.6) is 0 Å². The minimum Gasteiger partial charge on any atom is -0.0985 e. The molecule has 0 heterocycles. The van der Waals surface area contributed by atoms with Gasteiger partial charge in [0.05, 0.1) is 0 Å². The molecule has 1 radical (unpaired) electrons. The summed E-state index contributed by atoms with van der Waals surface area (Å²) >= 11 is 0. The Hall–Kier alpha value is -2.08. The molecule has 79 valence electrons. The van der Waals surface area contributed by atoms with Crippen molar-refractivity contribution < 1.29 is 0 Å². The average Bonchev–Trinajstić information content (AvgIpc) is 2.41. The van der Waals surface area contributed by atoms with Crippen molar-refractivity contribution in [2.75, 3.05) is 0 Å². The van der Waals surface area contributed by atoms with Crippen molar-refractivity contribution in [3.63, 3.8) is 0 Å². The largest absolute Gasteiger partial charge is 0.0985 e. The molecule has 16 heavy (non-hydrogen) atoms. The van der Waals surface area contributed by atoms with Gasteiger partial charge in [-0.15, -0.1) is 0 Å². The van der Waals surface area contributed by atoms with Gasteiger partial charge in [-0.2, -0.15) is 0 Å². The fourth-order valence-electron chi connectivity index (χ4n) is 1.11. The summed E-state index contributed by atoms with van der Waals surface area (Å²) in [6.45, 7) is 7.32. The first-order chi connectivity index (χ1) is 7.86. The van der Waals surface area contributed by atoms with Crippen molar-refractivity contribution in [1.29, 1.82) is 0 Å². The lowest BCUT2D eigenvalue weighted by molar-refractivity contribution is 1.63. The Morgan fingerprint density at radius 3 is 1.38 bits per heavy atom. The maximum atomic E-state index is 3.66. The van der Waals surface area contributed by atoms with Crippen LogP contribution >= 0.6 is 0 Å². The van der Waals surface area contributed by atoms with E-state index in [1.807, 2.05) is 66.7 Å². The minimum absolute atomic E-state index is 1.14. The standard InChI is InChI=1S/C10H10.C6H5/c1-3-9-5-7-10(4-2)8-6-9;1-2-4-6-5-3-1/h3-8H,1-2H2;1-5H. The highest BCUT2D eigenvalue weighted by Crippen LogP contribution is 2.05. The first-order valence-corrected chi connectivity index (χ1v) is 5.13. The first-order valence-electron chi connectivity index (χ1n) is 5.13. The van der Waals surface area contributed by atoms with Gasteiger partial charge in [-0.3, -0.25) is 0 Å². The Bertz CT molecular complexity index is 356. The molecule has 0 heteroatoms. The van der Waals surface area contributed by atoms with Crippen molar-refractivity contribution >= 4 is 12.2 Å². The molecule has 2 aromatic rings. The molecule has 0 aliphatic heterocycles. The Balaban J connectivity index is 0.000000181. The molecule has 0 nitrogen and oxygen atoms in total. The molecule has 0 N–H and O–H groups in total. The van der Waals surface area contributed by atoms with Crippen LogP contribution in [-0.4, -0.2) is 0 Å². The summed E-state index contributed by atoms with van der Waals surface area (Å²) in [5, 5.41) is 0. The van der Waals surface area contributed by atoms with E-state index in [-0.39, 0.29) is 0 Å². The molecule has 2 rings (SSSR count). The van der Waals surface area contributed by atoms with E-state index in [4.69, 9.17) is 0 Å². The second-order valence-corrected chi connectivity index (χ2v) is 3.15. The summed E-state index contributed by atoms with van der Waals surface area (Å²) in [6.07, 6.45) is 3.65. The molecule has 0 unspecified atom stereocenters. The van der Waals surface area contributed by atoms with Gasteiger partial charge in [0, 0.05) is 0 Å². The fraction of sp³-hybridized carbons (Fsp3) is 0. The molecule has 0 fully saturated rings. The first kappa shape index (κ1) is 12.0. The molecular weight excluding hydrogens is 192 g/mol. The molecule has 0 amide bonds. The molecule has 0 atom stereocenters. The molecule has 0 aromatic heterocycles. The topological polar surface area (TPSA) is 0 Å². The van der Waals surface area contributed by atoms with Gasteiger partial charge in [0.15, 0.2) is 0 Å². The Kier molecular flexibility index (Phi) is 5.43. The number of hydrogen-bond donors (Lipinski definition) is 0. The van der Waals surface area contributed by atoms with Crippen molar-refractivity contribution in [2.24, 2.45) is 0 Å². The van der Waals surface area contributed by atoms with Crippen LogP contribution in [-0.2, 0) is 0 Å². The fourth-order valence-corrected chi connectivity index (χ4v) is 1.11. The van der Waals surface area contributed by atoms with Crippen molar-refractivity contribution in [1.82, 2.24) is 0 Å². The lowest BCUT2D eigenvalue weighted by atomic mass is 10.1. The maximum Gasteiger partial charge on any atom is -0.0184 e. The zero-order valence-electron chi connectivity index (χ0n) is 9.27. The number of hydrogen-bond acceptors (Lipinski definition) is 0. The number of rotatable bonds is 2. The smallest absolute Gasteiger partial charge is 0.0184 e. The summed E-state index contributed by atoms with van der Waals surface area (Å²) in [5.74, 6) is 0. The molecule has 0 bridgehead atoms. The van der Waals surface area contributed by atoms with Crippen LogP contribution in [0.1, 0.15) is 11.1 Å². The van der Waals surface area contributed by atoms with E-state index in [9.17, 15) is 0 Å². The van der Waals surface area contributed by atoms with Gasteiger partial charge in [0.2, 0.25) is 0 Å². The summed E-state index contributed by atoms with van der Waals surface area (Å²) in [4.78, 5) is 0. The lowest BCUT2D eigenvalue weighted by Gasteiger charge is -1.92. The summed E-state index contributed by atoms with van der Waals surface area (Å²) in [6, 6.07) is 20.6. The maximum absolute atomic E-state index is 3.66. The van der Waals surface area contributed by atoms with Crippen LogP contribution in [0.3, 0.4) is 0 Å². The van der Waals surface area contributed by atoms with Gasteiger partial charge >= 0.3 is 0 Å². The SMILES string of the molecule is C=Cc1ccc(C=C)cc1.[c]1ccccc1. The highest BCUT2D eigenvalue weighted by Gasteiger charge is 1.84. The van der Waals surface area contributed by atoms with Gasteiger partial charge in [-0.25, -0.2) is 0 Å². The van der Waals surface area contributed by atoms with Gasteiger partial charge in [0.1, 0.15) is 0 Å². The van der Waals surface area contributed by atoms with E-state index >= 15 is 0 Å². The van der Waals surface area contributed by atoms with Crippen molar-refractivity contribution in [3.05, 3.63) is 84.9 Å². The van der Waals surface area contributed by atoms with Crippen molar-refractivity contribution in [3.8, 4) is 0 Å². The van der Waals surface area contributed by atoms with E-state index in [1.165, 1.54) is 0 Å². The summed E-state index contributed by atoms with van der Waals surface area (Å²) in [7, 11) is 0. The second-order valence-electron chi connectivity index (χ2n) is 3.15. The molecular formula is C16H15. The van der Waals surface area contributed by atoms with Crippen LogP contribution in [0.2, 0.25) is 0 Å². The highest BCUT2D eigenvalue weighted by molar-refractivity contribution is 5.53. The minimum atomic E-state index is 1.14. The molecule has 0 saturated heterocycles. The quantitative estimate of drug-likeness (QED) is 0.682. The van der Waals surface area contributed by atoms with E-state index in [1.54, 1.807) is 0 Å². The summed E-state index contributed by atoms with van der Waals surface area (Å²) < 4.78 is 0. The van der Waals surface area contributed by atoms with Crippen LogP contribution in [0.15, 0.2) is 67.8 Å². The van der Waals surface area contributed by atoms with Crippen LogP contribution < -0.4 is 0 Å². The monoisotopic (exact) mass is 207 g/mol. The van der Waals surface area contributed by atoms with Gasteiger partial charge in [-0.05, 0) is 17.2 Å². The second kappa shape index (κ2) is 7.24. The van der Waals surface area contributed by atoms with E-state index < -0.39 is 0 Å². The van der Waals surface area contributed by atoms with Gasteiger partial charge in [-0.1, -0.05) is 79.9 Å². The zero-order chi connectivity index (χ0) is 11.6. The van der Waals surface area contributed by atoms with Crippen LogP contribution in [0.4, 0.5) is 0 Å². The summed E-state index contributed by atoms with van der Waals surface area (Å²) in [5.41, 5.74) is 2.29. The van der Waals surface area contributed by atoms with E-state index in [2.05, 4.69) is 19.2 Å². The number of benzene rings is 2. The predicted octanol–water partition coefficient (Wildman–Crippen LogP) is 4.46. The normalized spacial score (nSPS) is 8.50. The highest BCUT2D eigenvalue weighted by atomic mass is 13.9. The average molecular weight is 207 g/mol.